The van der Waals surface area contributed by atoms with Crippen LogP contribution < -0.4 is 16.0 Å². The third-order valence-electron chi connectivity index (χ3n) is 8.25. The zero-order valence-corrected chi connectivity index (χ0v) is 26.2. The number of imide groups is 1. The van der Waals surface area contributed by atoms with Crippen LogP contribution in [0.1, 0.15) is 44.0 Å². The number of likely N-dealkylation sites (N-methyl/N-ethyl adjacent to an activating group) is 1. The van der Waals surface area contributed by atoms with Crippen LogP contribution in [0.4, 0.5) is 4.79 Å². The number of thioether (sulfide) groups is 1. The smallest absolute Gasteiger partial charge is 0.327 e. The molecule has 0 spiro atoms. The molecular formula is C31H34N6O8S. The molecule has 5 rings (SSSR count). The predicted octanol–water partition coefficient (Wildman–Crippen LogP) is 0.617. The Labute approximate surface area is 268 Å². The maximum atomic E-state index is 13.9. The molecule has 0 aromatic heterocycles. The molecule has 4 N–H and O–H groups in total. The molecule has 14 nitrogen and oxygen atoms in total. The third kappa shape index (κ3) is 6.01. The average Bonchev–Trinajstić information content (AvgIpc) is 3.30. The number of hydrogen-bond donors (Lipinski definition) is 4. The average molecular weight is 651 g/mol. The van der Waals surface area contributed by atoms with Crippen molar-refractivity contribution >= 4 is 53.3 Å². The number of carboxylic acids is 1. The molecule has 3 aliphatic heterocycles. The molecule has 0 bridgehead atoms. The lowest BCUT2D eigenvalue weighted by atomic mass is 9.95. The van der Waals surface area contributed by atoms with Crippen LogP contribution >= 0.6 is 11.8 Å². The van der Waals surface area contributed by atoms with Crippen molar-refractivity contribution in [2.75, 3.05) is 19.6 Å². The first-order chi connectivity index (χ1) is 21.9. The summed E-state index contributed by atoms with van der Waals surface area (Å²) < 4.78 is -0.797. The zero-order valence-electron chi connectivity index (χ0n) is 25.3. The van der Waals surface area contributed by atoms with Crippen LogP contribution in [0.15, 0.2) is 60.7 Å². The monoisotopic (exact) mass is 650 g/mol. The number of carboxylic acid groups (broad SMARTS) is 1. The van der Waals surface area contributed by atoms with Crippen LogP contribution in [0.2, 0.25) is 0 Å². The van der Waals surface area contributed by atoms with E-state index in [0.717, 1.165) is 4.90 Å². The predicted molar refractivity (Wildman–Crippen MR) is 165 cm³/mol. The fourth-order valence-corrected chi connectivity index (χ4v) is 7.50. The molecule has 242 valence electrons. The standard InChI is InChI=1S/C31H34N6O8S/c1-4-35-15-16-36(27(42)26(35)41)30(45)34-20(18-13-9-6-10-14-18)24(39)32-19(17-11-7-5-8-12-17)23(38)33-21-25(40)37-22(29(43)44)31(2,3)46-28(21)37/h5-14,19-22,28H,4,15-16H2,1-3H3,(H,32,39)(H,33,38)(H,34,45)(H,43,44)/t19-,20-,21-,22+,28-/m1/s1. The van der Waals surface area contributed by atoms with Crippen LogP contribution in [0.25, 0.3) is 0 Å². The van der Waals surface area contributed by atoms with Crippen molar-refractivity contribution in [2.45, 2.75) is 55.1 Å². The van der Waals surface area contributed by atoms with Crippen LogP contribution in [0, 0.1) is 0 Å². The number of benzene rings is 2. The molecule has 3 saturated heterocycles. The van der Waals surface area contributed by atoms with E-state index >= 15 is 0 Å². The quantitative estimate of drug-likeness (QED) is 0.223. The van der Waals surface area contributed by atoms with Crippen molar-refractivity contribution in [3.8, 4) is 0 Å². The van der Waals surface area contributed by atoms with Gasteiger partial charge in [-0.05, 0) is 31.9 Å². The van der Waals surface area contributed by atoms with Gasteiger partial charge in [0.15, 0.2) is 0 Å². The Kier molecular flexibility index (Phi) is 9.06. The molecule has 2 aromatic rings. The van der Waals surface area contributed by atoms with Crippen LogP contribution in [0.3, 0.4) is 0 Å². The topological polar surface area (TPSA) is 186 Å². The van der Waals surface area contributed by atoms with Crippen molar-refractivity contribution in [3.63, 3.8) is 0 Å². The first-order valence-corrected chi connectivity index (χ1v) is 15.6. The van der Waals surface area contributed by atoms with E-state index in [4.69, 9.17) is 0 Å². The van der Waals surface area contributed by atoms with E-state index in [-0.39, 0.29) is 13.1 Å². The Bertz CT molecular complexity index is 1570. The van der Waals surface area contributed by atoms with Gasteiger partial charge in [0, 0.05) is 24.4 Å². The van der Waals surface area contributed by atoms with Gasteiger partial charge in [0.1, 0.15) is 29.5 Å². The van der Waals surface area contributed by atoms with E-state index in [2.05, 4.69) is 16.0 Å². The number of rotatable bonds is 9. The largest absolute Gasteiger partial charge is 0.480 e. The van der Waals surface area contributed by atoms with Crippen molar-refractivity contribution in [2.24, 2.45) is 0 Å². The summed E-state index contributed by atoms with van der Waals surface area (Å²) in [6, 6.07) is 10.8. The molecule has 0 radical (unpaired) electrons. The van der Waals surface area contributed by atoms with Crippen molar-refractivity contribution in [1.82, 2.24) is 30.7 Å². The van der Waals surface area contributed by atoms with E-state index in [1.807, 2.05) is 0 Å². The molecule has 7 amide bonds. The second-order valence-corrected chi connectivity index (χ2v) is 13.3. The number of amides is 7. The number of β-lactam (4-membered cyclic amide) rings is 1. The van der Waals surface area contributed by atoms with Crippen LogP contribution in [-0.4, -0.2) is 103 Å². The number of hydrogen-bond acceptors (Lipinski definition) is 8. The highest BCUT2D eigenvalue weighted by Crippen LogP contribution is 2.50. The second kappa shape index (κ2) is 12.8. The van der Waals surface area contributed by atoms with Crippen molar-refractivity contribution in [3.05, 3.63) is 71.8 Å². The lowest BCUT2D eigenvalue weighted by Gasteiger charge is -2.44. The number of aliphatic carboxylic acids is 1. The minimum Gasteiger partial charge on any atom is -0.480 e. The van der Waals surface area contributed by atoms with Crippen molar-refractivity contribution < 1.29 is 38.7 Å². The SMILES string of the molecule is CCN1CCN(C(=O)N[C@@H](C(=O)N[C@@H](C(=O)N[C@@H]2C(=O)N3[C@@H]2SC(C)(C)[C@@H]3C(=O)O)c2ccccc2)c2ccccc2)C(=O)C1=O. The minimum atomic E-state index is -1.37. The summed E-state index contributed by atoms with van der Waals surface area (Å²) in [6.45, 7) is 5.55. The summed E-state index contributed by atoms with van der Waals surface area (Å²) in [7, 11) is 0. The lowest BCUT2D eigenvalue weighted by Crippen LogP contribution is -2.71. The summed E-state index contributed by atoms with van der Waals surface area (Å²) in [5.74, 6) is -5.04. The van der Waals surface area contributed by atoms with Crippen LogP contribution in [0.5, 0.6) is 0 Å². The molecule has 5 atom stereocenters. The Morgan fingerprint density at radius 1 is 0.870 bits per heavy atom. The molecule has 0 unspecified atom stereocenters. The third-order valence-corrected chi connectivity index (χ3v) is 9.82. The highest BCUT2D eigenvalue weighted by Gasteiger charge is 2.64. The Morgan fingerprint density at radius 2 is 1.43 bits per heavy atom. The number of carbonyl (C=O) groups is 7. The van der Waals surface area contributed by atoms with Gasteiger partial charge in [0.2, 0.25) is 17.7 Å². The maximum absolute atomic E-state index is 13.9. The molecule has 0 aliphatic carbocycles. The summed E-state index contributed by atoms with van der Waals surface area (Å²) in [4.78, 5) is 94.3. The fraction of sp³-hybridized carbons (Fsp3) is 0.387. The number of urea groups is 1. The molecule has 3 fully saturated rings. The lowest BCUT2D eigenvalue weighted by molar-refractivity contribution is -0.161. The molecule has 2 aromatic carbocycles. The number of nitrogens with one attached hydrogen (secondary N) is 3. The Morgan fingerprint density at radius 3 is 1.98 bits per heavy atom. The van der Waals surface area contributed by atoms with Gasteiger partial charge in [-0.2, -0.15) is 0 Å². The minimum absolute atomic E-state index is 0.0619. The van der Waals surface area contributed by atoms with Gasteiger partial charge >= 0.3 is 23.8 Å². The summed E-state index contributed by atoms with van der Waals surface area (Å²) in [5.41, 5.74) is 0.732. The first-order valence-electron chi connectivity index (χ1n) is 14.7. The van der Waals surface area contributed by atoms with Gasteiger partial charge in [-0.3, -0.25) is 28.9 Å². The molecule has 3 aliphatic rings. The van der Waals surface area contributed by atoms with Gasteiger partial charge in [-0.25, -0.2) is 9.59 Å². The van der Waals surface area contributed by atoms with E-state index in [9.17, 15) is 38.7 Å². The van der Waals surface area contributed by atoms with Gasteiger partial charge in [-0.15, -0.1) is 11.8 Å². The van der Waals surface area contributed by atoms with Crippen molar-refractivity contribution in [1.29, 1.82) is 0 Å². The Balaban J connectivity index is 1.37. The van der Waals surface area contributed by atoms with E-state index < -0.39 is 75.8 Å². The number of nitrogens with zero attached hydrogens (tertiary/aromatic N) is 3. The van der Waals surface area contributed by atoms with Crippen LogP contribution in [-0.2, 0) is 28.8 Å². The zero-order chi connectivity index (χ0) is 33.3. The first kappa shape index (κ1) is 32.5. The number of carbonyl (C=O) groups excluding carboxylic acids is 6. The highest BCUT2D eigenvalue weighted by molar-refractivity contribution is 8.01. The number of piperazine rings is 1. The van der Waals surface area contributed by atoms with E-state index in [1.54, 1.807) is 81.4 Å². The highest BCUT2D eigenvalue weighted by atomic mass is 32.2. The Hall–Kier alpha value is -4.92. The van der Waals surface area contributed by atoms with Gasteiger partial charge < -0.3 is 30.9 Å². The number of fused-ring (bicyclic) bond motifs is 1. The second-order valence-electron chi connectivity index (χ2n) is 11.6. The normalized spacial score (nSPS) is 23.2. The molecule has 46 heavy (non-hydrogen) atoms. The van der Waals surface area contributed by atoms with Gasteiger partial charge in [0.05, 0.1) is 0 Å². The maximum Gasteiger partial charge on any atom is 0.327 e. The van der Waals surface area contributed by atoms with Gasteiger partial charge in [-0.1, -0.05) is 60.7 Å². The molecule has 15 heteroatoms. The van der Waals surface area contributed by atoms with E-state index in [0.29, 0.717) is 17.7 Å². The van der Waals surface area contributed by atoms with E-state index in [1.165, 1.54) is 21.6 Å². The fourth-order valence-electron chi connectivity index (χ4n) is 5.87. The molecule has 3 heterocycles. The molecule has 0 saturated carbocycles. The summed E-state index contributed by atoms with van der Waals surface area (Å²) in [5, 5.41) is 17.0. The van der Waals surface area contributed by atoms with Gasteiger partial charge in [0.25, 0.3) is 0 Å². The summed E-state index contributed by atoms with van der Waals surface area (Å²) in [6.07, 6.45) is 0. The molecular weight excluding hydrogens is 616 g/mol. The summed E-state index contributed by atoms with van der Waals surface area (Å²) >= 11 is 1.27.